The molecule has 0 aliphatic heterocycles. The standard InChI is InChI=1S/C20H22O5/c21-12-11-18(20(23)25-15-17-9-5-2-6-10-17)13-19(22)24-14-16-7-3-1-4-8-16/h1-10,18,21H,11-15H2/t18-/m1/s1. The van der Waals surface area contributed by atoms with E-state index in [0.717, 1.165) is 11.1 Å². The summed E-state index contributed by atoms with van der Waals surface area (Å²) < 4.78 is 10.4. The van der Waals surface area contributed by atoms with E-state index < -0.39 is 17.9 Å². The van der Waals surface area contributed by atoms with Crippen molar-refractivity contribution in [2.45, 2.75) is 26.1 Å². The quantitative estimate of drug-likeness (QED) is 0.710. The van der Waals surface area contributed by atoms with Crippen LogP contribution in [0.5, 0.6) is 0 Å². The highest BCUT2D eigenvalue weighted by molar-refractivity contribution is 5.80. The molecule has 2 aromatic rings. The van der Waals surface area contributed by atoms with Crippen LogP contribution >= 0.6 is 0 Å². The van der Waals surface area contributed by atoms with Gasteiger partial charge in [-0.1, -0.05) is 60.7 Å². The number of hydrogen-bond acceptors (Lipinski definition) is 5. The second kappa shape index (κ2) is 10.3. The molecule has 0 amide bonds. The first-order chi connectivity index (χ1) is 12.2. The molecule has 0 radical (unpaired) electrons. The van der Waals surface area contributed by atoms with Gasteiger partial charge in [-0.3, -0.25) is 9.59 Å². The molecule has 0 aliphatic carbocycles. The van der Waals surface area contributed by atoms with Gasteiger partial charge in [0.1, 0.15) is 13.2 Å². The minimum atomic E-state index is -0.711. The lowest BCUT2D eigenvalue weighted by molar-refractivity contribution is -0.157. The van der Waals surface area contributed by atoms with Gasteiger partial charge in [-0.05, 0) is 17.5 Å². The maximum Gasteiger partial charge on any atom is 0.309 e. The molecule has 2 rings (SSSR count). The Hall–Kier alpha value is -2.66. The van der Waals surface area contributed by atoms with Crippen LogP contribution in [0.25, 0.3) is 0 Å². The summed E-state index contributed by atoms with van der Waals surface area (Å²) in [6.07, 6.45) is 0.0507. The Bertz CT molecular complexity index is 654. The van der Waals surface area contributed by atoms with Crippen molar-refractivity contribution in [2.24, 2.45) is 5.92 Å². The van der Waals surface area contributed by atoms with Crippen molar-refractivity contribution in [1.82, 2.24) is 0 Å². The number of carbonyl (C=O) groups is 2. The van der Waals surface area contributed by atoms with Crippen molar-refractivity contribution >= 4 is 11.9 Å². The van der Waals surface area contributed by atoms with Crippen LogP contribution in [0.15, 0.2) is 60.7 Å². The Kier molecular flexibility index (Phi) is 7.66. The molecule has 5 heteroatoms. The maximum absolute atomic E-state index is 12.2. The van der Waals surface area contributed by atoms with Gasteiger partial charge in [0.15, 0.2) is 0 Å². The van der Waals surface area contributed by atoms with Gasteiger partial charge in [-0.2, -0.15) is 0 Å². The average molecular weight is 342 g/mol. The van der Waals surface area contributed by atoms with E-state index in [1.807, 2.05) is 60.7 Å². The van der Waals surface area contributed by atoms with Crippen LogP contribution in [-0.4, -0.2) is 23.7 Å². The Labute approximate surface area is 147 Å². The minimum Gasteiger partial charge on any atom is -0.461 e. The number of benzene rings is 2. The lowest BCUT2D eigenvalue weighted by Crippen LogP contribution is -2.23. The monoisotopic (exact) mass is 342 g/mol. The SMILES string of the molecule is O=C(C[C@@H](CCO)C(=O)OCc1ccccc1)OCc1ccccc1. The molecule has 0 unspecified atom stereocenters. The molecule has 0 spiro atoms. The largest absolute Gasteiger partial charge is 0.461 e. The van der Waals surface area contributed by atoms with Crippen molar-refractivity contribution < 1.29 is 24.2 Å². The van der Waals surface area contributed by atoms with Crippen LogP contribution in [0.1, 0.15) is 24.0 Å². The first-order valence-corrected chi connectivity index (χ1v) is 8.20. The first kappa shape index (κ1) is 18.7. The highest BCUT2D eigenvalue weighted by Crippen LogP contribution is 2.14. The van der Waals surface area contributed by atoms with E-state index in [1.165, 1.54) is 0 Å². The number of aliphatic hydroxyl groups excluding tert-OH is 1. The fraction of sp³-hybridized carbons (Fsp3) is 0.300. The smallest absolute Gasteiger partial charge is 0.309 e. The fourth-order valence-corrected chi connectivity index (χ4v) is 2.30. The van der Waals surface area contributed by atoms with Gasteiger partial charge in [0.05, 0.1) is 12.3 Å². The molecule has 0 saturated heterocycles. The number of carbonyl (C=O) groups excluding carboxylic acids is 2. The summed E-state index contributed by atoms with van der Waals surface area (Å²) in [5.74, 6) is -1.70. The number of esters is 2. The molecule has 0 aliphatic rings. The van der Waals surface area contributed by atoms with E-state index in [-0.39, 0.29) is 32.7 Å². The summed E-state index contributed by atoms with van der Waals surface area (Å²) in [5.41, 5.74) is 1.74. The highest BCUT2D eigenvalue weighted by atomic mass is 16.5. The van der Waals surface area contributed by atoms with Crippen LogP contribution in [0, 0.1) is 5.92 Å². The predicted octanol–water partition coefficient (Wildman–Crippen LogP) is 2.86. The molecule has 5 nitrogen and oxygen atoms in total. The Balaban J connectivity index is 1.81. The molecule has 2 aromatic carbocycles. The third-order valence-corrected chi connectivity index (χ3v) is 3.69. The summed E-state index contributed by atoms with van der Waals surface area (Å²) in [5, 5.41) is 9.13. The van der Waals surface area contributed by atoms with E-state index in [9.17, 15) is 9.59 Å². The molecule has 0 bridgehead atoms. The van der Waals surface area contributed by atoms with Gasteiger partial charge in [0, 0.05) is 6.61 Å². The van der Waals surface area contributed by atoms with E-state index in [0.29, 0.717) is 0 Å². The van der Waals surface area contributed by atoms with Crippen LogP contribution < -0.4 is 0 Å². The molecule has 0 heterocycles. The number of hydrogen-bond donors (Lipinski definition) is 1. The lowest BCUT2D eigenvalue weighted by Gasteiger charge is -2.14. The molecule has 25 heavy (non-hydrogen) atoms. The fourth-order valence-electron chi connectivity index (χ4n) is 2.30. The Morgan fingerprint density at radius 1 is 0.840 bits per heavy atom. The van der Waals surface area contributed by atoms with Crippen molar-refractivity contribution in [1.29, 1.82) is 0 Å². The molecule has 0 saturated carbocycles. The number of rotatable bonds is 9. The van der Waals surface area contributed by atoms with Crippen molar-refractivity contribution in [2.75, 3.05) is 6.61 Å². The van der Waals surface area contributed by atoms with Gasteiger partial charge in [-0.15, -0.1) is 0 Å². The van der Waals surface area contributed by atoms with Crippen molar-refractivity contribution in [3.63, 3.8) is 0 Å². The number of aliphatic hydroxyl groups is 1. The molecular weight excluding hydrogens is 320 g/mol. The van der Waals surface area contributed by atoms with Crippen molar-refractivity contribution in [3.05, 3.63) is 71.8 Å². The topological polar surface area (TPSA) is 72.8 Å². The molecule has 1 N–H and O–H groups in total. The van der Waals surface area contributed by atoms with Crippen molar-refractivity contribution in [3.8, 4) is 0 Å². The van der Waals surface area contributed by atoms with Gasteiger partial charge < -0.3 is 14.6 Å². The summed E-state index contributed by atoms with van der Waals surface area (Å²) in [6.45, 7) is 0.0995. The normalized spacial score (nSPS) is 11.6. The zero-order chi connectivity index (χ0) is 17.9. The second-order valence-corrected chi connectivity index (χ2v) is 5.65. The summed E-state index contributed by atoms with van der Waals surface area (Å²) in [6, 6.07) is 18.6. The third kappa shape index (κ3) is 6.77. The third-order valence-electron chi connectivity index (χ3n) is 3.69. The molecule has 0 aromatic heterocycles. The van der Waals surface area contributed by atoms with Gasteiger partial charge in [-0.25, -0.2) is 0 Å². The van der Waals surface area contributed by atoms with E-state index in [2.05, 4.69) is 0 Å². The van der Waals surface area contributed by atoms with E-state index >= 15 is 0 Å². The Morgan fingerprint density at radius 3 is 1.88 bits per heavy atom. The Morgan fingerprint density at radius 2 is 1.36 bits per heavy atom. The molecule has 0 fully saturated rings. The molecule has 1 atom stereocenters. The zero-order valence-corrected chi connectivity index (χ0v) is 14.0. The number of ether oxygens (including phenoxy) is 2. The van der Waals surface area contributed by atoms with Crippen LogP contribution in [0.2, 0.25) is 0 Å². The second-order valence-electron chi connectivity index (χ2n) is 5.65. The summed E-state index contributed by atoms with van der Waals surface area (Å²) >= 11 is 0. The minimum absolute atomic E-state index is 0.110. The first-order valence-electron chi connectivity index (χ1n) is 8.20. The lowest BCUT2D eigenvalue weighted by atomic mass is 10.0. The maximum atomic E-state index is 12.2. The van der Waals surface area contributed by atoms with E-state index in [4.69, 9.17) is 14.6 Å². The average Bonchev–Trinajstić information content (AvgIpc) is 2.66. The van der Waals surface area contributed by atoms with Gasteiger partial charge in [0.25, 0.3) is 0 Å². The van der Waals surface area contributed by atoms with Crippen LogP contribution in [-0.2, 0) is 32.3 Å². The van der Waals surface area contributed by atoms with Gasteiger partial charge in [0.2, 0.25) is 0 Å². The predicted molar refractivity (Wildman–Crippen MR) is 92.3 cm³/mol. The van der Waals surface area contributed by atoms with Crippen LogP contribution in [0.3, 0.4) is 0 Å². The molecule has 132 valence electrons. The molecular formula is C20H22O5. The van der Waals surface area contributed by atoms with Gasteiger partial charge >= 0.3 is 11.9 Å². The highest BCUT2D eigenvalue weighted by Gasteiger charge is 2.24. The summed E-state index contributed by atoms with van der Waals surface area (Å²) in [4.78, 5) is 24.1. The zero-order valence-electron chi connectivity index (χ0n) is 14.0. The summed E-state index contributed by atoms with van der Waals surface area (Å²) in [7, 11) is 0. The van der Waals surface area contributed by atoms with Crippen LogP contribution in [0.4, 0.5) is 0 Å². The van der Waals surface area contributed by atoms with E-state index in [1.54, 1.807) is 0 Å².